The average Bonchev–Trinajstić information content (AvgIpc) is 3.01. The molecule has 142 valence electrons. The molecule has 0 unspecified atom stereocenters. The van der Waals surface area contributed by atoms with Gasteiger partial charge in [0.15, 0.2) is 5.11 Å². The highest BCUT2D eigenvalue weighted by atomic mass is 32.1. The third kappa shape index (κ3) is 5.40. The number of hydrogen-bond acceptors (Lipinski definition) is 4. The maximum absolute atomic E-state index is 12.3. The quantitative estimate of drug-likeness (QED) is 0.509. The van der Waals surface area contributed by atoms with Crippen LogP contribution in [-0.4, -0.2) is 43.2 Å². The Kier molecular flexibility index (Phi) is 7.35. The Hall–Kier alpha value is -2.19. The van der Waals surface area contributed by atoms with Crippen LogP contribution in [0.2, 0.25) is 0 Å². The summed E-state index contributed by atoms with van der Waals surface area (Å²) in [5.41, 5.74) is 7.27. The smallest absolute Gasteiger partial charge is 0.243 e. The van der Waals surface area contributed by atoms with E-state index in [1.807, 2.05) is 31.2 Å². The Morgan fingerprint density at radius 2 is 2.04 bits per heavy atom. The Morgan fingerprint density at radius 1 is 1.35 bits per heavy atom. The highest BCUT2D eigenvalue weighted by molar-refractivity contribution is 7.80. The lowest BCUT2D eigenvalue weighted by Crippen LogP contribution is -2.51. The summed E-state index contributed by atoms with van der Waals surface area (Å²) in [6, 6.07) is 7.87. The molecule has 1 aromatic rings. The molecule has 26 heavy (non-hydrogen) atoms. The van der Waals surface area contributed by atoms with Gasteiger partial charge in [-0.15, -0.1) is 0 Å². The minimum Gasteiger partial charge on any atom is -0.383 e. The van der Waals surface area contributed by atoms with E-state index in [0.29, 0.717) is 18.3 Å². The van der Waals surface area contributed by atoms with Crippen molar-refractivity contribution in [3.8, 4) is 0 Å². The van der Waals surface area contributed by atoms with Gasteiger partial charge in [-0.1, -0.05) is 19.1 Å². The molecule has 2 rings (SSSR count). The molecule has 0 radical (unpaired) electrons. The highest BCUT2D eigenvalue weighted by Crippen LogP contribution is 2.25. The lowest BCUT2D eigenvalue weighted by molar-refractivity contribution is -0.126. The number of carbonyl (C=O) groups is 2. The first-order chi connectivity index (χ1) is 12.4. The van der Waals surface area contributed by atoms with Gasteiger partial charge < -0.3 is 15.0 Å². The Bertz CT molecular complexity index is 650. The number of thiocarbonyl (C=S) groups is 1. The minimum absolute atomic E-state index is 0.0199. The molecule has 1 aliphatic heterocycles. The molecule has 2 amide bonds. The van der Waals surface area contributed by atoms with E-state index in [1.165, 1.54) is 5.56 Å². The number of carbonyl (C=O) groups excluding carboxylic acids is 2. The predicted molar refractivity (Wildman–Crippen MR) is 105 cm³/mol. The van der Waals surface area contributed by atoms with E-state index in [9.17, 15) is 9.59 Å². The van der Waals surface area contributed by atoms with Gasteiger partial charge in [-0.2, -0.15) is 0 Å². The number of anilines is 1. The maximum Gasteiger partial charge on any atom is 0.243 e. The fourth-order valence-electron chi connectivity index (χ4n) is 2.82. The fourth-order valence-corrected chi connectivity index (χ4v) is 3.07. The lowest BCUT2D eigenvalue weighted by Gasteiger charge is -2.18. The zero-order valence-corrected chi connectivity index (χ0v) is 16.2. The van der Waals surface area contributed by atoms with Crippen molar-refractivity contribution in [1.29, 1.82) is 0 Å². The molecule has 7 nitrogen and oxygen atoms in total. The van der Waals surface area contributed by atoms with Crippen LogP contribution in [0.5, 0.6) is 0 Å². The number of amides is 2. The summed E-state index contributed by atoms with van der Waals surface area (Å²) in [4.78, 5) is 26.2. The number of hydrogen-bond donors (Lipinski definition) is 3. The van der Waals surface area contributed by atoms with E-state index in [4.69, 9.17) is 17.0 Å². The van der Waals surface area contributed by atoms with Crippen molar-refractivity contribution in [2.45, 2.75) is 32.7 Å². The van der Waals surface area contributed by atoms with Crippen molar-refractivity contribution < 1.29 is 14.3 Å². The number of nitrogens with one attached hydrogen (secondary N) is 3. The van der Waals surface area contributed by atoms with Crippen molar-refractivity contribution in [2.24, 2.45) is 5.92 Å². The van der Waals surface area contributed by atoms with Gasteiger partial charge in [0.2, 0.25) is 11.8 Å². The molecule has 0 aromatic heterocycles. The molecular formula is C18H26N4O3S. The second-order valence-electron chi connectivity index (χ2n) is 6.37. The van der Waals surface area contributed by atoms with Crippen molar-refractivity contribution in [3.63, 3.8) is 0 Å². The van der Waals surface area contributed by atoms with Crippen LogP contribution in [0.4, 0.5) is 5.69 Å². The molecule has 0 bridgehead atoms. The number of benzene rings is 1. The number of ether oxygens (including phenoxy) is 1. The van der Waals surface area contributed by atoms with Crippen molar-refractivity contribution >= 4 is 34.8 Å². The summed E-state index contributed by atoms with van der Waals surface area (Å²) in [5, 5.41) is 3.29. The van der Waals surface area contributed by atoms with Crippen LogP contribution in [0.25, 0.3) is 0 Å². The second-order valence-corrected chi connectivity index (χ2v) is 6.78. The molecule has 0 saturated carbocycles. The first-order valence-corrected chi connectivity index (χ1v) is 9.10. The van der Waals surface area contributed by atoms with Crippen molar-refractivity contribution in [1.82, 2.24) is 16.2 Å². The second kappa shape index (κ2) is 9.49. The van der Waals surface area contributed by atoms with Crippen LogP contribution in [0.3, 0.4) is 0 Å². The molecule has 1 fully saturated rings. The van der Waals surface area contributed by atoms with Crippen molar-refractivity contribution in [3.05, 3.63) is 29.8 Å². The Morgan fingerprint density at radius 3 is 2.65 bits per heavy atom. The van der Waals surface area contributed by atoms with E-state index in [0.717, 1.165) is 12.1 Å². The molecule has 1 heterocycles. The lowest BCUT2D eigenvalue weighted by atomic mass is 10.1. The Balaban J connectivity index is 1.85. The molecule has 1 saturated heterocycles. The SMILES string of the molecule is CCc1ccc(N2C[C@@H](C(=O)NNC(=S)N[C@@H](C)COC)CC2=O)cc1. The van der Waals surface area contributed by atoms with Gasteiger partial charge in [-0.25, -0.2) is 0 Å². The van der Waals surface area contributed by atoms with Gasteiger partial charge in [0.25, 0.3) is 0 Å². The minimum atomic E-state index is -0.417. The van der Waals surface area contributed by atoms with E-state index in [1.54, 1.807) is 12.0 Å². The van der Waals surface area contributed by atoms with Crippen LogP contribution < -0.4 is 21.1 Å². The van der Waals surface area contributed by atoms with E-state index in [-0.39, 0.29) is 24.3 Å². The van der Waals surface area contributed by atoms with Crippen LogP contribution in [-0.2, 0) is 20.7 Å². The molecule has 1 aromatic carbocycles. The summed E-state index contributed by atoms with van der Waals surface area (Å²) in [6.07, 6.45) is 1.13. The molecular weight excluding hydrogens is 352 g/mol. The van der Waals surface area contributed by atoms with Crippen LogP contribution in [0.1, 0.15) is 25.8 Å². The Labute approximate surface area is 159 Å². The largest absolute Gasteiger partial charge is 0.383 e. The molecule has 2 atom stereocenters. The molecule has 0 aliphatic carbocycles. The van der Waals surface area contributed by atoms with Gasteiger partial charge in [0.05, 0.1) is 12.5 Å². The van der Waals surface area contributed by atoms with Crippen LogP contribution in [0, 0.1) is 5.92 Å². The fraction of sp³-hybridized carbons (Fsp3) is 0.500. The van der Waals surface area contributed by atoms with E-state index >= 15 is 0 Å². The average molecular weight is 378 g/mol. The number of hydrazine groups is 1. The van der Waals surface area contributed by atoms with Gasteiger partial charge >= 0.3 is 0 Å². The summed E-state index contributed by atoms with van der Waals surface area (Å²) in [6.45, 7) is 4.85. The maximum atomic E-state index is 12.3. The molecule has 3 N–H and O–H groups in total. The summed E-state index contributed by atoms with van der Waals surface area (Å²) in [7, 11) is 1.61. The zero-order valence-electron chi connectivity index (χ0n) is 15.4. The summed E-state index contributed by atoms with van der Waals surface area (Å²) >= 11 is 5.11. The van der Waals surface area contributed by atoms with Crippen LogP contribution >= 0.6 is 12.2 Å². The normalized spacial score (nSPS) is 17.7. The highest BCUT2D eigenvalue weighted by Gasteiger charge is 2.35. The monoisotopic (exact) mass is 378 g/mol. The van der Waals surface area contributed by atoms with Gasteiger partial charge in [-0.3, -0.25) is 20.4 Å². The number of aryl methyl sites for hydroxylation is 1. The first-order valence-electron chi connectivity index (χ1n) is 8.69. The third-order valence-electron chi connectivity index (χ3n) is 4.25. The summed E-state index contributed by atoms with van der Waals surface area (Å²) < 4.78 is 5.01. The van der Waals surface area contributed by atoms with Gasteiger partial charge in [-0.05, 0) is 43.3 Å². The van der Waals surface area contributed by atoms with Gasteiger partial charge in [0, 0.05) is 31.8 Å². The van der Waals surface area contributed by atoms with E-state index in [2.05, 4.69) is 23.1 Å². The third-order valence-corrected chi connectivity index (χ3v) is 4.47. The summed E-state index contributed by atoms with van der Waals surface area (Å²) in [5.74, 6) is -0.724. The number of nitrogens with zero attached hydrogens (tertiary/aromatic N) is 1. The number of methoxy groups -OCH3 is 1. The molecule has 0 spiro atoms. The first kappa shape index (κ1) is 20.1. The van der Waals surface area contributed by atoms with Crippen LogP contribution in [0.15, 0.2) is 24.3 Å². The molecule has 8 heteroatoms. The number of rotatable bonds is 6. The predicted octanol–water partition coefficient (Wildman–Crippen LogP) is 1.13. The van der Waals surface area contributed by atoms with E-state index < -0.39 is 5.92 Å². The topological polar surface area (TPSA) is 82.7 Å². The zero-order chi connectivity index (χ0) is 19.1. The molecule has 1 aliphatic rings. The standard InChI is InChI=1S/C18H26N4O3S/c1-4-13-5-7-15(8-6-13)22-10-14(9-16(22)23)17(24)20-21-18(26)19-12(2)11-25-3/h5-8,12,14H,4,9-11H2,1-3H3,(H,20,24)(H2,19,21,26)/t12-,14-/m0/s1. The van der Waals surface area contributed by atoms with Crippen molar-refractivity contribution in [2.75, 3.05) is 25.2 Å². The van der Waals surface area contributed by atoms with Gasteiger partial charge in [0.1, 0.15) is 0 Å².